The lowest BCUT2D eigenvalue weighted by Gasteiger charge is -2.11. The van der Waals surface area contributed by atoms with Gasteiger partial charge < -0.3 is 10.6 Å². The van der Waals surface area contributed by atoms with E-state index in [0.717, 1.165) is 23.7 Å². The van der Waals surface area contributed by atoms with Gasteiger partial charge in [-0.15, -0.1) is 0 Å². The van der Waals surface area contributed by atoms with Gasteiger partial charge in [-0.2, -0.15) is 0 Å². The molecule has 0 fully saturated rings. The molecule has 0 saturated heterocycles. The van der Waals surface area contributed by atoms with Crippen LogP contribution in [0, 0.1) is 0 Å². The Balaban J connectivity index is 1.78. The molecule has 0 aromatic heterocycles. The largest absolute Gasteiger partial charge is 0.362 e. The predicted molar refractivity (Wildman–Crippen MR) is 90.8 cm³/mol. The van der Waals surface area contributed by atoms with Crippen molar-refractivity contribution < 1.29 is 0 Å². The van der Waals surface area contributed by atoms with E-state index in [1.165, 1.54) is 5.56 Å². The molecular weight excluding hydrogens is 311 g/mol. The zero-order chi connectivity index (χ0) is 14.4. The Hall–Kier alpha value is -1.29. The first kappa shape index (κ1) is 15.1. The summed E-state index contributed by atoms with van der Waals surface area (Å²) in [5, 5.41) is 8.18. The van der Waals surface area contributed by atoms with Crippen LogP contribution in [0.2, 0.25) is 10.0 Å². The number of hydrogen-bond acceptors (Lipinski definition) is 1. The van der Waals surface area contributed by atoms with E-state index in [1.54, 1.807) is 0 Å². The summed E-state index contributed by atoms with van der Waals surface area (Å²) < 4.78 is 0. The van der Waals surface area contributed by atoms with Gasteiger partial charge in [-0.25, -0.2) is 0 Å². The van der Waals surface area contributed by atoms with Gasteiger partial charge in [-0.05, 0) is 48.5 Å². The maximum absolute atomic E-state index is 6.05. The minimum absolute atomic E-state index is 0.562. The van der Waals surface area contributed by atoms with Crippen LogP contribution in [0.15, 0.2) is 48.5 Å². The minimum atomic E-state index is 0.562. The molecule has 0 bridgehead atoms. The van der Waals surface area contributed by atoms with Gasteiger partial charge in [0.05, 0.1) is 10.7 Å². The Bertz CT molecular complexity index is 585. The van der Waals surface area contributed by atoms with Crippen LogP contribution in [-0.2, 0) is 6.42 Å². The number of benzene rings is 2. The van der Waals surface area contributed by atoms with Gasteiger partial charge in [0, 0.05) is 11.6 Å². The van der Waals surface area contributed by atoms with Crippen molar-refractivity contribution in [3.8, 4) is 0 Å². The van der Waals surface area contributed by atoms with Crippen LogP contribution < -0.4 is 10.6 Å². The molecule has 0 unspecified atom stereocenters. The van der Waals surface area contributed by atoms with Crippen molar-refractivity contribution in [2.24, 2.45) is 0 Å². The zero-order valence-corrected chi connectivity index (χ0v) is 13.0. The lowest BCUT2D eigenvalue weighted by molar-refractivity contribution is 0.873. The Morgan fingerprint density at radius 3 is 2.40 bits per heavy atom. The van der Waals surface area contributed by atoms with Crippen LogP contribution in [-0.4, -0.2) is 11.7 Å². The standard InChI is InChI=1S/C15H14Cl2N2S/c16-12-7-5-11(6-8-12)9-10-18-15(20)19-14-4-2-1-3-13(14)17/h1-8H,9-10H2,(H2,18,19,20). The Labute approximate surface area is 134 Å². The first-order valence-electron chi connectivity index (χ1n) is 6.19. The molecule has 0 aliphatic heterocycles. The Kier molecular flexibility index (Phi) is 5.65. The highest BCUT2D eigenvalue weighted by Gasteiger charge is 2.01. The average Bonchev–Trinajstić information content (AvgIpc) is 2.44. The zero-order valence-electron chi connectivity index (χ0n) is 10.7. The van der Waals surface area contributed by atoms with Crippen LogP contribution in [0.25, 0.3) is 0 Å². The molecule has 0 spiro atoms. The SMILES string of the molecule is S=C(NCCc1ccc(Cl)cc1)Nc1ccccc1Cl. The number of thiocarbonyl (C=S) groups is 1. The maximum atomic E-state index is 6.05. The summed E-state index contributed by atoms with van der Waals surface area (Å²) in [5.74, 6) is 0. The molecule has 0 amide bonds. The van der Waals surface area contributed by atoms with Crippen molar-refractivity contribution >= 4 is 46.2 Å². The molecule has 0 saturated carbocycles. The molecule has 2 aromatic rings. The highest BCUT2D eigenvalue weighted by Crippen LogP contribution is 2.20. The van der Waals surface area contributed by atoms with Crippen LogP contribution in [0.3, 0.4) is 0 Å². The summed E-state index contributed by atoms with van der Waals surface area (Å²) in [6.45, 7) is 0.748. The second-order valence-electron chi connectivity index (χ2n) is 4.24. The third-order valence-electron chi connectivity index (χ3n) is 2.73. The number of anilines is 1. The lowest BCUT2D eigenvalue weighted by atomic mass is 10.1. The topological polar surface area (TPSA) is 24.1 Å². The molecule has 0 aliphatic carbocycles. The van der Waals surface area contributed by atoms with E-state index in [4.69, 9.17) is 35.4 Å². The molecule has 0 atom stereocenters. The molecule has 0 radical (unpaired) electrons. The van der Waals surface area contributed by atoms with Crippen molar-refractivity contribution in [1.29, 1.82) is 0 Å². The fourth-order valence-corrected chi connectivity index (χ4v) is 2.22. The second kappa shape index (κ2) is 7.48. The van der Waals surface area contributed by atoms with Crippen LogP contribution in [0.5, 0.6) is 0 Å². The molecule has 20 heavy (non-hydrogen) atoms. The summed E-state index contributed by atoms with van der Waals surface area (Å²) in [4.78, 5) is 0. The smallest absolute Gasteiger partial charge is 0.170 e. The summed E-state index contributed by atoms with van der Waals surface area (Å²) >= 11 is 17.1. The lowest BCUT2D eigenvalue weighted by Crippen LogP contribution is -2.30. The summed E-state index contributed by atoms with van der Waals surface area (Å²) in [5.41, 5.74) is 2.01. The third-order valence-corrected chi connectivity index (χ3v) is 3.56. The average molecular weight is 325 g/mol. The molecule has 2 N–H and O–H groups in total. The van der Waals surface area contributed by atoms with E-state index >= 15 is 0 Å². The van der Waals surface area contributed by atoms with E-state index < -0.39 is 0 Å². The predicted octanol–water partition coefficient (Wildman–Crippen LogP) is 4.52. The molecule has 0 heterocycles. The fourth-order valence-electron chi connectivity index (χ4n) is 1.70. The van der Waals surface area contributed by atoms with Gasteiger partial charge in [-0.1, -0.05) is 47.5 Å². The summed E-state index contributed by atoms with van der Waals surface area (Å²) in [6, 6.07) is 15.3. The normalized spacial score (nSPS) is 10.1. The van der Waals surface area contributed by atoms with Gasteiger partial charge >= 0.3 is 0 Å². The van der Waals surface area contributed by atoms with Gasteiger partial charge in [0.1, 0.15) is 0 Å². The van der Waals surface area contributed by atoms with Crippen molar-refractivity contribution in [3.05, 3.63) is 64.1 Å². The first-order chi connectivity index (χ1) is 9.65. The number of nitrogens with one attached hydrogen (secondary N) is 2. The number of rotatable bonds is 4. The first-order valence-corrected chi connectivity index (χ1v) is 7.35. The van der Waals surface area contributed by atoms with Gasteiger partial charge in [-0.3, -0.25) is 0 Å². The molecule has 2 nitrogen and oxygen atoms in total. The second-order valence-corrected chi connectivity index (χ2v) is 5.49. The van der Waals surface area contributed by atoms with E-state index in [2.05, 4.69) is 10.6 Å². The van der Waals surface area contributed by atoms with E-state index in [-0.39, 0.29) is 0 Å². The monoisotopic (exact) mass is 324 g/mol. The van der Waals surface area contributed by atoms with Gasteiger partial charge in [0.2, 0.25) is 0 Å². The maximum Gasteiger partial charge on any atom is 0.170 e. The highest BCUT2D eigenvalue weighted by molar-refractivity contribution is 7.80. The molecule has 0 aliphatic rings. The van der Waals surface area contributed by atoms with Crippen molar-refractivity contribution in [2.75, 3.05) is 11.9 Å². The van der Waals surface area contributed by atoms with Gasteiger partial charge in [0.25, 0.3) is 0 Å². The molecular formula is C15H14Cl2N2S. The third kappa shape index (κ3) is 4.67. The van der Waals surface area contributed by atoms with Crippen LogP contribution >= 0.6 is 35.4 Å². The van der Waals surface area contributed by atoms with Crippen molar-refractivity contribution in [2.45, 2.75) is 6.42 Å². The van der Waals surface area contributed by atoms with Crippen LogP contribution in [0.1, 0.15) is 5.56 Å². The summed E-state index contributed by atoms with van der Waals surface area (Å²) in [6.07, 6.45) is 0.876. The highest BCUT2D eigenvalue weighted by atomic mass is 35.5. The van der Waals surface area contributed by atoms with E-state index in [9.17, 15) is 0 Å². The molecule has 2 aromatic carbocycles. The van der Waals surface area contributed by atoms with E-state index in [1.807, 2.05) is 48.5 Å². The quantitative estimate of drug-likeness (QED) is 0.808. The minimum Gasteiger partial charge on any atom is -0.362 e. The molecule has 5 heteroatoms. The number of halogens is 2. The molecule has 2 rings (SSSR count). The van der Waals surface area contributed by atoms with Crippen molar-refractivity contribution in [3.63, 3.8) is 0 Å². The van der Waals surface area contributed by atoms with Crippen LogP contribution in [0.4, 0.5) is 5.69 Å². The Morgan fingerprint density at radius 2 is 1.70 bits per heavy atom. The summed E-state index contributed by atoms with van der Waals surface area (Å²) in [7, 11) is 0. The van der Waals surface area contributed by atoms with Gasteiger partial charge in [0.15, 0.2) is 5.11 Å². The van der Waals surface area contributed by atoms with E-state index in [0.29, 0.717) is 10.1 Å². The Morgan fingerprint density at radius 1 is 1.00 bits per heavy atom. The fraction of sp³-hybridized carbons (Fsp3) is 0.133. The molecule has 104 valence electrons. The van der Waals surface area contributed by atoms with Crippen molar-refractivity contribution in [1.82, 2.24) is 5.32 Å². The number of hydrogen-bond donors (Lipinski definition) is 2. The number of para-hydroxylation sites is 1.